The molecule has 92 valence electrons. The van der Waals surface area contributed by atoms with Crippen LogP contribution in [-0.4, -0.2) is 47.2 Å². The van der Waals surface area contributed by atoms with Gasteiger partial charge in [-0.3, -0.25) is 9.63 Å². The molecule has 0 saturated carbocycles. The van der Waals surface area contributed by atoms with Gasteiger partial charge in [-0.1, -0.05) is 0 Å². The lowest BCUT2D eigenvalue weighted by atomic mass is 10.5. The van der Waals surface area contributed by atoms with Crippen molar-refractivity contribution in [2.75, 3.05) is 25.1 Å². The fourth-order valence-corrected chi connectivity index (χ4v) is 0.985. The number of hydroxylamine groups is 1. The monoisotopic (exact) mass is 240 g/mol. The normalized spacial score (nSPS) is 9.71. The molecule has 0 atom stereocenters. The molecule has 0 fully saturated rings. The van der Waals surface area contributed by atoms with Gasteiger partial charge >= 0.3 is 5.97 Å². The van der Waals surface area contributed by atoms with E-state index < -0.39 is 18.5 Å². The molecule has 0 spiro atoms. The van der Waals surface area contributed by atoms with E-state index in [9.17, 15) is 9.59 Å². The summed E-state index contributed by atoms with van der Waals surface area (Å²) in [4.78, 5) is 35.2. The van der Waals surface area contributed by atoms with Crippen LogP contribution in [0.25, 0.3) is 0 Å². The Bertz CT molecular complexity index is 384. The van der Waals surface area contributed by atoms with Crippen molar-refractivity contribution in [1.29, 1.82) is 0 Å². The lowest BCUT2D eigenvalue weighted by Gasteiger charge is -2.15. The minimum Gasteiger partial charge on any atom is -0.479 e. The number of carboxylic acid groups (broad SMARTS) is 1. The number of aromatic nitrogens is 2. The van der Waals surface area contributed by atoms with Crippen molar-refractivity contribution in [1.82, 2.24) is 15.4 Å². The Hall–Kier alpha value is -2.22. The second-order valence-electron chi connectivity index (χ2n) is 3.11. The number of rotatable bonds is 6. The average Bonchev–Trinajstić information content (AvgIpc) is 2.29. The number of nitrogens with one attached hydrogen (secondary N) is 1. The van der Waals surface area contributed by atoms with E-state index in [-0.39, 0.29) is 6.54 Å². The highest BCUT2D eigenvalue weighted by molar-refractivity contribution is 5.79. The average molecular weight is 240 g/mol. The van der Waals surface area contributed by atoms with Gasteiger partial charge in [0.25, 0.3) is 5.91 Å². The Morgan fingerprint density at radius 2 is 2.12 bits per heavy atom. The van der Waals surface area contributed by atoms with Crippen LogP contribution in [0.5, 0.6) is 0 Å². The predicted molar refractivity (Wildman–Crippen MR) is 57.0 cm³/mol. The molecule has 0 radical (unpaired) electrons. The van der Waals surface area contributed by atoms with Gasteiger partial charge in [-0.2, -0.15) is 0 Å². The largest absolute Gasteiger partial charge is 0.479 e. The molecule has 1 rings (SSSR count). The Balaban J connectivity index is 2.34. The molecule has 1 aromatic heterocycles. The molecule has 0 aliphatic rings. The standard InChI is InChI=1S/C9H12N4O4/c1-13(9-10-3-2-4-11-9)5-7(14)12-17-6-8(15)16/h2-4H,5-6H2,1H3,(H,12,14)(H,15,16). The van der Waals surface area contributed by atoms with Crippen LogP contribution in [0.2, 0.25) is 0 Å². The zero-order valence-corrected chi connectivity index (χ0v) is 9.16. The van der Waals surface area contributed by atoms with Gasteiger partial charge in [0.05, 0.1) is 0 Å². The number of aliphatic carboxylic acids is 1. The molecule has 8 nitrogen and oxygen atoms in total. The quantitative estimate of drug-likeness (QED) is 0.617. The number of carboxylic acids is 1. The van der Waals surface area contributed by atoms with Crippen LogP contribution >= 0.6 is 0 Å². The molecule has 0 bridgehead atoms. The first kappa shape index (κ1) is 12.8. The van der Waals surface area contributed by atoms with Crippen LogP contribution in [0.3, 0.4) is 0 Å². The first-order chi connectivity index (χ1) is 8.09. The Morgan fingerprint density at radius 1 is 1.47 bits per heavy atom. The van der Waals surface area contributed by atoms with Crippen LogP contribution in [0.4, 0.5) is 5.95 Å². The van der Waals surface area contributed by atoms with Gasteiger partial charge in [-0.15, -0.1) is 0 Å². The molecule has 0 saturated heterocycles. The lowest BCUT2D eigenvalue weighted by molar-refractivity contribution is -0.148. The van der Waals surface area contributed by atoms with E-state index >= 15 is 0 Å². The van der Waals surface area contributed by atoms with Gasteiger partial charge in [0.15, 0.2) is 6.61 Å². The summed E-state index contributed by atoms with van der Waals surface area (Å²) in [5.74, 6) is -1.26. The Labute approximate surface area is 97.2 Å². The summed E-state index contributed by atoms with van der Waals surface area (Å²) in [5, 5.41) is 8.28. The molecule has 8 heteroatoms. The zero-order chi connectivity index (χ0) is 12.7. The topological polar surface area (TPSA) is 105 Å². The fourth-order valence-electron chi connectivity index (χ4n) is 0.985. The number of amides is 1. The SMILES string of the molecule is CN(CC(=O)NOCC(=O)O)c1ncccn1. The van der Waals surface area contributed by atoms with E-state index in [0.29, 0.717) is 5.95 Å². The summed E-state index contributed by atoms with van der Waals surface area (Å²) < 4.78 is 0. The highest BCUT2D eigenvalue weighted by atomic mass is 16.7. The van der Waals surface area contributed by atoms with Crippen molar-refractivity contribution >= 4 is 17.8 Å². The van der Waals surface area contributed by atoms with E-state index in [4.69, 9.17) is 5.11 Å². The highest BCUT2D eigenvalue weighted by Crippen LogP contribution is 2.00. The van der Waals surface area contributed by atoms with Crippen LogP contribution in [0, 0.1) is 0 Å². The summed E-state index contributed by atoms with van der Waals surface area (Å²) in [6.07, 6.45) is 3.11. The van der Waals surface area contributed by atoms with Gasteiger partial charge in [0.2, 0.25) is 5.95 Å². The molecule has 2 N–H and O–H groups in total. The molecule has 1 aromatic rings. The fraction of sp³-hybridized carbons (Fsp3) is 0.333. The summed E-state index contributed by atoms with van der Waals surface area (Å²) in [6, 6.07) is 1.66. The second kappa shape index (κ2) is 6.38. The third-order valence-electron chi connectivity index (χ3n) is 1.66. The van der Waals surface area contributed by atoms with Crippen LogP contribution in [0.1, 0.15) is 0 Å². The van der Waals surface area contributed by atoms with Crippen LogP contribution in [0.15, 0.2) is 18.5 Å². The first-order valence-corrected chi connectivity index (χ1v) is 4.70. The third kappa shape index (κ3) is 4.89. The molecule has 0 aliphatic heterocycles. The van der Waals surface area contributed by atoms with Crippen molar-refractivity contribution in [3.8, 4) is 0 Å². The highest BCUT2D eigenvalue weighted by Gasteiger charge is 2.09. The van der Waals surface area contributed by atoms with Gasteiger partial charge in [-0.05, 0) is 6.07 Å². The van der Waals surface area contributed by atoms with Gasteiger partial charge in [0.1, 0.15) is 6.54 Å². The van der Waals surface area contributed by atoms with Crippen molar-refractivity contribution in [3.05, 3.63) is 18.5 Å². The first-order valence-electron chi connectivity index (χ1n) is 4.70. The number of hydrogen-bond donors (Lipinski definition) is 2. The maximum Gasteiger partial charge on any atom is 0.332 e. The third-order valence-corrected chi connectivity index (χ3v) is 1.66. The van der Waals surface area contributed by atoms with Crippen molar-refractivity contribution < 1.29 is 19.5 Å². The molecule has 1 heterocycles. The number of likely N-dealkylation sites (N-methyl/N-ethyl adjacent to an activating group) is 1. The van der Waals surface area contributed by atoms with E-state index in [1.807, 2.05) is 5.48 Å². The van der Waals surface area contributed by atoms with E-state index in [0.717, 1.165) is 0 Å². The smallest absolute Gasteiger partial charge is 0.332 e. The van der Waals surface area contributed by atoms with Gasteiger partial charge in [-0.25, -0.2) is 20.2 Å². The molecule has 1 amide bonds. The Kier molecular flexibility index (Phi) is 4.82. The molecule has 17 heavy (non-hydrogen) atoms. The van der Waals surface area contributed by atoms with E-state index in [2.05, 4.69) is 14.8 Å². The van der Waals surface area contributed by atoms with Crippen LogP contribution in [-0.2, 0) is 14.4 Å². The molecule has 0 unspecified atom stereocenters. The van der Waals surface area contributed by atoms with Crippen LogP contribution < -0.4 is 10.4 Å². The number of hydrogen-bond acceptors (Lipinski definition) is 6. The summed E-state index contributed by atoms with van der Waals surface area (Å²) in [5.41, 5.74) is 2.00. The lowest BCUT2D eigenvalue weighted by Crippen LogP contribution is -2.36. The predicted octanol–water partition coefficient (Wildman–Crippen LogP) is -0.955. The maximum absolute atomic E-state index is 11.3. The van der Waals surface area contributed by atoms with Gasteiger partial charge < -0.3 is 10.0 Å². The van der Waals surface area contributed by atoms with E-state index in [1.54, 1.807) is 25.5 Å². The minimum atomic E-state index is -1.16. The molecular formula is C9H12N4O4. The number of carbonyl (C=O) groups excluding carboxylic acids is 1. The number of nitrogens with zero attached hydrogens (tertiary/aromatic N) is 3. The van der Waals surface area contributed by atoms with Crippen molar-refractivity contribution in [2.45, 2.75) is 0 Å². The molecule has 0 aliphatic carbocycles. The molecular weight excluding hydrogens is 228 g/mol. The zero-order valence-electron chi connectivity index (χ0n) is 9.16. The second-order valence-corrected chi connectivity index (χ2v) is 3.11. The number of anilines is 1. The van der Waals surface area contributed by atoms with E-state index in [1.165, 1.54) is 4.90 Å². The van der Waals surface area contributed by atoms with Gasteiger partial charge in [0, 0.05) is 19.4 Å². The summed E-state index contributed by atoms with van der Waals surface area (Å²) >= 11 is 0. The molecule has 0 aromatic carbocycles. The Morgan fingerprint density at radius 3 is 2.71 bits per heavy atom. The number of carbonyl (C=O) groups is 2. The maximum atomic E-state index is 11.3. The van der Waals surface area contributed by atoms with Crippen molar-refractivity contribution in [2.24, 2.45) is 0 Å². The summed E-state index contributed by atoms with van der Waals surface area (Å²) in [7, 11) is 1.63. The minimum absolute atomic E-state index is 0.0381. The summed E-state index contributed by atoms with van der Waals surface area (Å²) in [6.45, 7) is -0.624. The van der Waals surface area contributed by atoms with Crippen molar-refractivity contribution in [3.63, 3.8) is 0 Å².